The zero-order valence-electron chi connectivity index (χ0n) is 17.6. The van der Waals surface area contributed by atoms with E-state index in [2.05, 4.69) is 0 Å². The summed E-state index contributed by atoms with van der Waals surface area (Å²) in [4.78, 5) is 27.0. The number of nitrogens with zero attached hydrogens (tertiary/aromatic N) is 2. The van der Waals surface area contributed by atoms with Crippen LogP contribution in [0.5, 0.6) is 0 Å². The predicted molar refractivity (Wildman–Crippen MR) is 117 cm³/mol. The first kappa shape index (κ1) is 23.9. The Morgan fingerprint density at radius 1 is 1.03 bits per heavy atom. The Kier molecular flexibility index (Phi) is 6.79. The zero-order valence-corrected chi connectivity index (χ0v) is 19.5. The second-order valence-corrected chi connectivity index (χ2v) is 10.3. The van der Waals surface area contributed by atoms with E-state index in [0.29, 0.717) is 5.56 Å². The van der Waals surface area contributed by atoms with Crippen LogP contribution in [0.15, 0.2) is 77.3 Å². The summed E-state index contributed by atoms with van der Waals surface area (Å²) in [5, 5.41) is 9.96. The Balaban J connectivity index is 2.36. The standard InChI is InChI=1S/C22H20AsN3O7/c1-32-21(27)18-17(13-6-4-3-5-7-13)16(12-24)20(25)26(19(18)22(28)33-2)15-10-8-14(9-11-15)23(29,30)31/h3-11,17H,25H2,1-2H3,(H2,29,30,31). The van der Waals surface area contributed by atoms with E-state index in [-0.39, 0.29) is 32.7 Å². The van der Waals surface area contributed by atoms with Gasteiger partial charge in [-0.1, -0.05) is 0 Å². The summed E-state index contributed by atoms with van der Waals surface area (Å²) in [7, 11) is 2.26. The number of ether oxygens (including phenoxy) is 2. The molecule has 0 saturated carbocycles. The van der Waals surface area contributed by atoms with E-state index in [9.17, 15) is 26.8 Å². The molecule has 33 heavy (non-hydrogen) atoms. The number of methoxy groups -OCH3 is 2. The van der Waals surface area contributed by atoms with Crippen molar-refractivity contribution in [2.75, 3.05) is 19.1 Å². The van der Waals surface area contributed by atoms with Crippen molar-refractivity contribution < 1.29 is 31.0 Å². The van der Waals surface area contributed by atoms with E-state index < -0.39 is 32.0 Å². The Bertz CT molecular complexity index is 1240. The molecule has 0 amide bonds. The average molecular weight is 513 g/mol. The fraction of sp³-hybridized carbons (Fsp3) is 0.136. The van der Waals surface area contributed by atoms with E-state index in [0.717, 1.165) is 19.1 Å². The van der Waals surface area contributed by atoms with Crippen molar-refractivity contribution in [2.24, 2.45) is 5.73 Å². The van der Waals surface area contributed by atoms with Gasteiger partial charge in [0.05, 0.1) is 0 Å². The van der Waals surface area contributed by atoms with Crippen LogP contribution < -0.4 is 15.0 Å². The van der Waals surface area contributed by atoms with Gasteiger partial charge >= 0.3 is 192 Å². The maximum atomic E-state index is 12.9. The number of hydrogen-bond acceptors (Lipinski definition) is 8. The van der Waals surface area contributed by atoms with Gasteiger partial charge in [-0.3, -0.25) is 0 Å². The predicted octanol–water partition coefficient (Wildman–Crippen LogP) is 0.145. The monoisotopic (exact) mass is 513 g/mol. The van der Waals surface area contributed by atoms with Gasteiger partial charge in [0.25, 0.3) is 0 Å². The van der Waals surface area contributed by atoms with E-state index in [1.54, 1.807) is 30.3 Å². The molecule has 2 aromatic rings. The van der Waals surface area contributed by atoms with Gasteiger partial charge in [0.1, 0.15) is 0 Å². The average Bonchev–Trinajstić information content (AvgIpc) is 2.82. The number of nitrogens with two attached hydrogens (primary N) is 1. The van der Waals surface area contributed by atoms with Crippen molar-refractivity contribution in [1.82, 2.24) is 0 Å². The van der Waals surface area contributed by atoms with Crippen molar-refractivity contribution in [3.05, 3.63) is 82.8 Å². The molecule has 4 N–H and O–H groups in total. The Hall–Kier alpha value is -3.77. The first-order valence-electron chi connectivity index (χ1n) is 9.47. The van der Waals surface area contributed by atoms with Crippen molar-refractivity contribution in [3.8, 4) is 6.07 Å². The van der Waals surface area contributed by atoms with Crippen molar-refractivity contribution >= 4 is 36.1 Å². The first-order chi connectivity index (χ1) is 15.6. The summed E-state index contributed by atoms with van der Waals surface area (Å²) in [5.41, 5.74) is 6.60. The number of hydrogen-bond donors (Lipinski definition) is 3. The molecule has 1 aliphatic heterocycles. The molecule has 0 aliphatic carbocycles. The summed E-state index contributed by atoms with van der Waals surface area (Å²) in [5.74, 6) is -2.94. The summed E-state index contributed by atoms with van der Waals surface area (Å²) < 4.78 is 40.1. The molecule has 0 radical (unpaired) electrons. The third kappa shape index (κ3) is 4.43. The number of anilines is 1. The molecule has 0 bridgehead atoms. The van der Waals surface area contributed by atoms with Gasteiger partial charge in [-0.25, -0.2) is 0 Å². The summed E-state index contributed by atoms with van der Waals surface area (Å²) in [6, 6.07) is 15.6. The molecule has 0 saturated heterocycles. The number of nitriles is 1. The fourth-order valence-corrected chi connectivity index (χ4v) is 4.71. The molecule has 10 nitrogen and oxygen atoms in total. The molecule has 11 heteroatoms. The van der Waals surface area contributed by atoms with Crippen LogP contribution in [0.1, 0.15) is 11.5 Å². The molecule has 2 aromatic carbocycles. The van der Waals surface area contributed by atoms with Gasteiger partial charge in [-0.05, 0) is 0 Å². The van der Waals surface area contributed by atoms with Crippen LogP contribution >= 0.6 is 0 Å². The topological polar surface area (TPSA) is 163 Å². The molecular weight excluding hydrogens is 493 g/mol. The summed E-state index contributed by atoms with van der Waals surface area (Å²) in [6.45, 7) is 0. The van der Waals surface area contributed by atoms with Crippen LogP contribution in [0.2, 0.25) is 0 Å². The van der Waals surface area contributed by atoms with Crippen LogP contribution in [0.3, 0.4) is 0 Å². The molecule has 1 atom stereocenters. The van der Waals surface area contributed by atoms with Crippen molar-refractivity contribution in [1.29, 1.82) is 5.26 Å². The molecule has 0 spiro atoms. The quantitative estimate of drug-likeness (QED) is 0.370. The van der Waals surface area contributed by atoms with E-state index in [1.165, 1.54) is 24.3 Å². The first-order valence-corrected chi connectivity index (χ1v) is 12.9. The molecule has 3 rings (SSSR count). The number of allylic oxidation sites excluding steroid dienone is 1. The van der Waals surface area contributed by atoms with Crippen LogP contribution in [0, 0.1) is 11.3 Å². The third-order valence-electron chi connectivity index (χ3n) is 5.05. The maximum absolute atomic E-state index is 12.9. The van der Waals surface area contributed by atoms with Crippen LogP contribution in [0.4, 0.5) is 5.69 Å². The SMILES string of the molecule is COC(=O)C1=C(C(=O)OC)N(c2ccc([As](=O)(O)O)cc2)C(N)=C(C#N)C1c1ccccc1. The van der Waals surface area contributed by atoms with Crippen LogP contribution in [-0.2, 0) is 22.8 Å². The number of carbonyl (C=O) groups excluding carboxylic acids is 2. The Morgan fingerprint density at radius 3 is 2.09 bits per heavy atom. The van der Waals surface area contributed by atoms with E-state index >= 15 is 0 Å². The second kappa shape index (κ2) is 9.38. The zero-order chi connectivity index (χ0) is 24.3. The molecular formula is C22H20AsN3O7. The molecule has 1 unspecified atom stereocenters. The van der Waals surface area contributed by atoms with Gasteiger partial charge in [0.15, 0.2) is 0 Å². The van der Waals surface area contributed by atoms with Crippen molar-refractivity contribution in [3.63, 3.8) is 0 Å². The summed E-state index contributed by atoms with van der Waals surface area (Å²) in [6.07, 6.45) is 0. The van der Waals surface area contributed by atoms with Crippen LogP contribution in [-0.4, -0.2) is 48.5 Å². The molecule has 0 aromatic heterocycles. The number of rotatable bonds is 5. The van der Waals surface area contributed by atoms with Crippen LogP contribution in [0.25, 0.3) is 0 Å². The minimum atomic E-state index is -5.18. The van der Waals surface area contributed by atoms with Gasteiger partial charge in [-0.15, -0.1) is 0 Å². The molecule has 1 aliphatic rings. The van der Waals surface area contributed by atoms with Gasteiger partial charge in [0, 0.05) is 0 Å². The van der Waals surface area contributed by atoms with E-state index in [1.807, 2.05) is 6.07 Å². The molecule has 1 heterocycles. The Labute approximate surface area is 192 Å². The number of carbonyl (C=O) groups is 2. The number of esters is 2. The Morgan fingerprint density at radius 2 is 1.61 bits per heavy atom. The fourth-order valence-electron chi connectivity index (χ4n) is 3.58. The van der Waals surface area contributed by atoms with Gasteiger partial charge < -0.3 is 0 Å². The number of benzene rings is 2. The molecule has 0 fully saturated rings. The summed E-state index contributed by atoms with van der Waals surface area (Å²) >= 11 is -5.18. The van der Waals surface area contributed by atoms with Gasteiger partial charge in [-0.2, -0.15) is 0 Å². The van der Waals surface area contributed by atoms with Crippen molar-refractivity contribution in [2.45, 2.75) is 5.92 Å². The third-order valence-corrected chi connectivity index (χ3v) is 7.09. The van der Waals surface area contributed by atoms with Gasteiger partial charge in [0.2, 0.25) is 0 Å². The molecule has 170 valence electrons. The second-order valence-electron chi connectivity index (χ2n) is 6.90. The minimum absolute atomic E-state index is 0.0163. The van der Waals surface area contributed by atoms with E-state index in [4.69, 9.17) is 15.2 Å². The normalized spacial score (nSPS) is 16.3.